The van der Waals surface area contributed by atoms with Crippen LogP contribution in [-0.4, -0.2) is 117 Å². The molecular weight excluding hydrogens is 734 g/mol. The molecule has 4 aliphatic rings. The van der Waals surface area contributed by atoms with Gasteiger partial charge < -0.3 is 54.9 Å². The van der Waals surface area contributed by atoms with Crippen LogP contribution in [0.15, 0.2) is 46.9 Å². The molecular formula is C34H44BrN3O11Si. The Morgan fingerprint density at radius 2 is 1.82 bits per heavy atom. The molecule has 0 bridgehead atoms. The average molecular weight is 779 g/mol. The first-order valence-electron chi connectivity index (χ1n) is 16.8. The summed E-state index contributed by atoms with van der Waals surface area (Å²) in [6.07, 6.45) is -8.19. The molecule has 50 heavy (non-hydrogen) atoms. The molecule has 14 nitrogen and oxygen atoms in total. The fourth-order valence-electron chi connectivity index (χ4n) is 8.27. The lowest BCUT2D eigenvalue weighted by Crippen LogP contribution is -2.60. The Kier molecular flexibility index (Phi) is 10.3. The lowest BCUT2D eigenvalue weighted by atomic mass is 9.82. The van der Waals surface area contributed by atoms with Crippen LogP contribution in [0.4, 0.5) is 11.4 Å². The lowest BCUT2D eigenvalue weighted by Gasteiger charge is -2.37. The number of anilines is 2. The number of nitrogens with zero attached hydrogens (tertiary/aromatic N) is 2. The summed E-state index contributed by atoms with van der Waals surface area (Å²) in [6, 6.07) is 11.8. The van der Waals surface area contributed by atoms with Gasteiger partial charge in [0.15, 0.2) is 26.3 Å². The van der Waals surface area contributed by atoms with Crippen molar-refractivity contribution >= 4 is 53.3 Å². The van der Waals surface area contributed by atoms with Gasteiger partial charge in [-0.25, -0.2) is 0 Å². The Bertz CT molecular complexity index is 1640. The van der Waals surface area contributed by atoms with E-state index in [-0.39, 0.29) is 43.1 Å². The van der Waals surface area contributed by atoms with E-state index in [1.165, 1.54) is 0 Å². The third kappa shape index (κ3) is 6.44. The largest absolute Gasteiger partial charge is 0.432 e. The summed E-state index contributed by atoms with van der Waals surface area (Å²) in [5.74, 6) is -1.89. The number of amides is 3. The number of rotatable bonds is 8. The van der Waals surface area contributed by atoms with E-state index < -0.39 is 68.1 Å². The van der Waals surface area contributed by atoms with Crippen LogP contribution in [0, 0.1) is 5.92 Å². The van der Waals surface area contributed by atoms with E-state index in [0.29, 0.717) is 29.8 Å². The Morgan fingerprint density at radius 3 is 2.52 bits per heavy atom. The first-order valence-corrected chi connectivity index (χ1v) is 20.6. The summed E-state index contributed by atoms with van der Waals surface area (Å²) in [5.41, 5.74) is 0.169. The number of carbonyl (C=O) groups is 3. The van der Waals surface area contributed by atoms with Gasteiger partial charge in [0.05, 0.1) is 37.4 Å². The number of carbonyl (C=O) groups excluding carboxylic acids is 3. The predicted octanol–water partition coefficient (Wildman–Crippen LogP) is 0.906. The van der Waals surface area contributed by atoms with Gasteiger partial charge in [0.25, 0.3) is 11.8 Å². The highest BCUT2D eigenvalue weighted by Crippen LogP contribution is 2.60. The van der Waals surface area contributed by atoms with Crippen molar-refractivity contribution in [1.29, 1.82) is 0 Å². The zero-order chi connectivity index (χ0) is 36.3. The second kappa shape index (κ2) is 14.0. The summed E-state index contributed by atoms with van der Waals surface area (Å²) in [7, 11) is -3.03. The second-order valence-corrected chi connectivity index (χ2v) is 19.2. The van der Waals surface area contributed by atoms with Crippen molar-refractivity contribution in [3.05, 3.63) is 58.1 Å². The zero-order valence-corrected chi connectivity index (χ0v) is 30.6. The number of halogens is 1. The van der Waals surface area contributed by atoms with Gasteiger partial charge in [-0.15, -0.1) is 0 Å². The molecule has 0 radical (unpaired) electrons. The molecule has 2 aromatic rings. The molecule has 3 amide bonds. The number of hydrogen-bond donors (Lipinski definition) is 7. The number of likely N-dealkylation sites (tertiary alicyclic amines) is 1. The molecule has 0 aliphatic carbocycles. The number of aliphatic hydroxyl groups is 5. The van der Waals surface area contributed by atoms with Crippen LogP contribution in [0.5, 0.6) is 0 Å². The molecule has 16 heteroatoms. The third-order valence-electron chi connectivity index (χ3n) is 10.6. The number of aliphatic hydroxyl groups excluding tert-OH is 5. The minimum Gasteiger partial charge on any atom is -0.432 e. The maximum atomic E-state index is 14.8. The number of nitrogens with one attached hydrogen (secondary N) is 1. The van der Waals surface area contributed by atoms with Crippen LogP contribution in [-0.2, 0) is 36.0 Å². The van der Waals surface area contributed by atoms with Crippen molar-refractivity contribution in [3.8, 4) is 0 Å². The molecule has 1 spiro atoms. The summed E-state index contributed by atoms with van der Waals surface area (Å²) >= 11 is 3.55. The molecule has 0 saturated carbocycles. The molecule has 0 unspecified atom stereocenters. The molecule has 0 aromatic heterocycles. The third-order valence-corrected chi connectivity index (χ3v) is 13.6. The van der Waals surface area contributed by atoms with Crippen LogP contribution in [0.2, 0.25) is 18.6 Å². The Balaban J connectivity index is 1.27. The van der Waals surface area contributed by atoms with E-state index >= 15 is 0 Å². The molecule has 4 aliphatic heterocycles. The minimum atomic E-state index is -3.03. The maximum Gasteiger partial charge on any atom is 0.264 e. The standard InChI is InChI=1S/C34H44BrN3O11Si/c1-17-30(50(2,3)47)24(14-25(40)37-11-5-8-21(37)16-39)49-34(17)22-13-19(35)9-10-23(22)38(33(34)46)15-18-6-4-7-20(12-18)36-31(44)29-27(42)26(41)28(43)32(45)48-29/h4,6-7,9-10,12-13,17,21,24,26-30,32,39,41-43,45,47H,5,8,11,14-16H2,1-3H3,(H,36,44)/t17-,21+,24+,26+,27+,28-,29+,30-,32-,34+/m1/s1. The SMILES string of the molecule is C[C@@H]1[C@@H]([Si](C)(C)O)[C@H](CC(=O)N2CCC[C@H]2CO)O[C@@]12C(=O)N(Cc1cccc(NC(=O)[C@H]3O[C@@H](O)[C@H](O)[C@@H](O)[C@@H]3O)c1)c1ccc(Br)cc12. The van der Waals surface area contributed by atoms with Crippen molar-refractivity contribution in [2.24, 2.45) is 5.92 Å². The fourth-order valence-corrected chi connectivity index (χ4v) is 11.2. The molecule has 3 saturated heterocycles. The predicted molar refractivity (Wildman–Crippen MR) is 185 cm³/mol. The van der Waals surface area contributed by atoms with E-state index in [4.69, 9.17) is 9.47 Å². The summed E-state index contributed by atoms with van der Waals surface area (Å²) in [5, 5.41) is 52.3. The van der Waals surface area contributed by atoms with Crippen molar-refractivity contribution in [2.45, 2.75) is 99.8 Å². The number of ether oxygens (including phenoxy) is 2. The zero-order valence-electron chi connectivity index (χ0n) is 28.0. The van der Waals surface area contributed by atoms with Gasteiger partial charge in [-0.3, -0.25) is 14.4 Å². The molecule has 4 heterocycles. The first kappa shape index (κ1) is 37.0. The van der Waals surface area contributed by atoms with Crippen LogP contribution in [0.1, 0.15) is 37.3 Å². The minimum absolute atomic E-state index is 0.0327. The van der Waals surface area contributed by atoms with Gasteiger partial charge in [0, 0.05) is 33.7 Å². The van der Waals surface area contributed by atoms with Gasteiger partial charge in [0.1, 0.15) is 18.3 Å². The maximum absolute atomic E-state index is 14.8. The van der Waals surface area contributed by atoms with Gasteiger partial charge in [-0.05, 0) is 61.8 Å². The molecule has 6 rings (SSSR count). The summed E-state index contributed by atoms with van der Waals surface area (Å²) in [4.78, 5) is 56.2. The topological polar surface area (TPSA) is 210 Å². The molecule has 10 atom stereocenters. The Hall–Kier alpha value is -2.77. The lowest BCUT2D eigenvalue weighted by molar-refractivity contribution is -0.274. The molecule has 7 N–H and O–H groups in total. The first-order chi connectivity index (χ1) is 23.6. The molecule has 2 aromatic carbocycles. The van der Waals surface area contributed by atoms with E-state index in [2.05, 4.69) is 21.2 Å². The number of hydrogen-bond acceptors (Lipinski definition) is 11. The molecule has 3 fully saturated rings. The van der Waals surface area contributed by atoms with Crippen molar-refractivity contribution in [1.82, 2.24) is 4.90 Å². The average Bonchev–Trinajstić information content (AvgIpc) is 3.72. The monoisotopic (exact) mass is 777 g/mol. The smallest absolute Gasteiger partial charge is 0.264 e. The Labute approximate surface area is 298 Å². The normalized spacial score (nSPS) is 34.0. The highest BCUT2D eigenvalue weighted by molar-refractivity contribution is 9.10. The summed E-state index contributed by atoms with van der Waals surface area (Å²) in [6.45, 7) is 5.95. The second-order valence-electron chi connectivity index (χ2n) is 14.3. The van der Waals surface area contributed by atoms with Gasteiger partial charge in [0.2, 0.25) is 5.91 Å². The van der Waals surface area contributed by atoms with E-state index in [0.717, 1.165) is 10.9 Å². The van der Waals surface area contributed by atoms with Gasteiger partial charge >= 0.3 is 0 Å². The molecule has 272 valence electrons. The van der Waals surface area contributed by atoms with E-state index in [1.54, 1.807) is 47.2 Å². The van der Waals surface area contributed by atoms with Crippen molar-refractivity contribution in [2.75, 3.05) is 23.4 Å². The van der Waals surface area contributed by atoms with Crippen molar-refractivity contribution < 1.29 is 54.2 Å². The Morgan fingerprint density at radius 1 is 1.08 bits per heavy atom. The van der Waals surface area contributed by atoms with Gasteiger partial charge in [-0.1, -0.05) is 35.0 Å². The van der Waals surface area contributed by atoms with Crippen LogP contribution >= 0.6 is 15.9 Å². The number of benzene rings is 2. The fraction of sp³-hybridized carbons (Fsp3) is 0.559. The highest BCUT2D eigenvalue weighted by Gasteiger charge is 2.66. The number of fused-ring (bicyclic) bond motifs is 2. The van der Waals surface area contributed by atoms with Crippen molar-refractivity contribution in [3.63, 3.8) is 0 Å². The van der Waals surface area contributed by atoms with E-state index in [9.17, 15) is 44.7 Å². The van der Waals surface area contributed by atoms with Crippen LogP contribution in [0.3, 0.4) is 0 Å². The highest BCUT2D eigenvalue weighted by atomic mass is 79.9. The van der Waals surface area contributed by atoms with Crippen LogP contribution < -0.4 is 10.2 Å². The van der Waals surface area contributed by atoms with E-state index in [1.807, 2.05) is 25.1 Å². The summed E-state index contributed by atoms with van der Waals surface area (Å²) < 4.78 is 12.6. The van der Waals surface area contributed by atoms with Gasteiger partial charge in [-0.2, -0.15) is 0 Å². The van der Waals surface area contributed by atoms with Crippen LogP contribution in [0.25, 0.3) is 0 Å². The quantitative estimate of drug-likeness (QED) is 0.188.